The molecule has 146 valence electrons. The van der Waals surface area contributed by atoms with Crippen molar-refractivity contribution in [2.45, 2.75) is 31.6 Å². The molecule has 1 aromatic heterocycles. The number of rotatable bonds is 7. The Morgan fingerprint density at radius 1 is 1.25 bits per heavy atom. The summed E-state index contributed by atoms with van der Waals surface area (Å²) in [5, 5.41) is 4.43. The number of fused-ring (bicyclic) bond motifs is 2. The lowest BCUT2D eigenvalue weighted by Crippen LogP contribution is -2.24. The monoisotopic (exact) mass is 417 g/mol. The molecular weight excluding hydrogens is 398 g/mol. The van der Waals surface area contributed by atoms with E-state index in [9.17, 15) is 4.79 Å². The molecule has 0 bridgehead atoms. The van der Waals surface area contributed by atoms with Gasteiger partial charge in [0.2, 0.25) is 12.7 Å². The Morgan fingerprint density at radius 2 is 2.11 bits per heavy atom. The Bertz CT molecular complexity index is 1020. The molecule has 1 aliphatic rings. The molecule has 3 aromatic rings. The van der Waals surface area contributed by atoms with E-state index in [2.05, 4.69) is 21.8 Å². The summed E-state index contributed by atoms with van der Waals surface area (Å²) in [4.78, 5) is 17.0. The molecule has 6 nitrogen and oxygen atoms in total. The maximum atomic E-state index is 12.3. The molecule has 1 N–H and O–H groups in total. The molecule has 0 saturated carbocycles. The van der Waals surface area contributed by atoms with E-state index in [0.29, 0.717) is 23.1 Å². The zero-order valence-corrected chi connectivity index (χ0v) is 17.0. The first-order valence-electron chi connectivity index (χ1n) is 9.08. The number of thioether (sulfide) groups is 1. The SMILES string of the molecule is CCCn1c(SCC(=O)NCc2ccc3c(c2)OCO3)nc2cc(Cl)ccc21. The molecular formula is C20H20ClN3O3S. The summed E-state index contributed by atoms with van der Waals surface area (Å²) in [6.45, 7) is 3.65. The first-order valence-corrected chi connectivity index (χ1v) is 10.4. The van der Waals surface area contributed by atoms with Crippen molar-refractivity contribution < 1.29 is 14.3 Å². The van der Waals surface area contributed by atoms with Crippen LogP contribution in [0.2, 0.25) is 5.02 Å². The Morgan fingerprint density at radius 3 is 2.96 bits per heavy atom. The van der Waals surface area contributed by atoms with Gasteiger partial charge in [-0.25, -0.2) is 4.98 Å². The second-order valence-corrected chi connectivity index (χ2v) is 7.81. The third-order valence-electron chi connectivity index (χ3n) is 4.38. The van der Waals surface area contributed by atoms with Crippen LogP contribution in [0, 0.1) is 0 Å². The fraction of sp³-hybridized carbons (Fsp3) is 0.300. The predicted octanol–water partition coefficient (Wildman–Crippen LogP) is 4.24. The molecule has 0 spiro atoms. The smallest absolute Gasteiger partial charge is 0.231 e. The molecule has 28 heavy (non-hydrogen) atoms. The summed E-state index contributed by atoms with van der Waals surface area (Å²) in [6.07, 6.45) is 0.984. The molecule has 1 aliphatic heterocycles. The lowest BCUT2D eigenvalue weighted by atomic mass is 10.2. The Kier molecular flexibility index (Phi) is 5.64. The lowest BCUT2D eigenvalue weighted by Gasteiger charge is -2.08. The van der Waals surface area contributed by atoms with E-state index in [0.717, 1.165) is 40.5 Å². The van der Waals surface area contributed by atoms with Crippen molar-refractivity contribution >= 4 is 40.3 Å². The largest absolute Gasteiger partial charge is 0.454 e. The number of hydrogen-bond donors (Lipinski definition) is 1. The quantitative estimate of drug-likeness (QED) is 0.582. The minimum absolute atomic E-state index is 0.0456. The molecule has 2 heterocycles. The van der Waals surface area contributed by atoms with Crippen LogP contribution in [0.25, 0.3) is 11.0 Å². The van der Waals surface area contributed by atoms with Crippen molar-refractivity contribution in [2.75, 3.05) is 12.5 Å². The van der Waals surface area contributed by atoms with Gasteiger partial charge in [0.25, 0.3) is 0 Å². The van der Waals surface area contributed by atoms with E-state index < -0.39 is 0 Å². The Balaban J connectivity index is 1.38. The van der Waals surface area contributed by atoms with E-state index in [4.69, 9.17) is 21.1 Å². The average molecular weight is 418 g/mol. The number of halogens is 1. The third-order valence-corrected chi connectivity index (χ3v) is 5.59. The van der Waals surface area contributed by atoms with Crippen molar-refractivity contribution in [3.05, 3.63) is 47.0 Å². The number of imidazole rings is 1. The van der Waals surface area contributed by atoms with Gasteiger partial charge >= 0.3 is 0 Å². The summed E-state index contributed by atoms with van der Waals surface area (Å²) in [6, 6.07) is 11.4. The fourth-order valence-electron chi connectivity index (χ4n) is 3.06. The van der Waals surface area contributed by atoms with E-state index in [1.54, 1.807) is 0 Å². The second-order valence-electron chi connectivity index (χ2n) is 6.43. The number of benzene rings is 2. The van der Waals surface area contributed by atoms with Crippen LogP contribution in [0.5, 0.6) is 11.5 Å². The number of ether oxygens (including phenoxy) is 2. The first kappa shape index (κ1) is 19.0. The minimum Gasteiger partial charge on any atom is -0.454 e. The molecule has 0 aliphatic carbocycles. The molecule has 0 radical (unpaired) electrons. The summed E-state index contributed by atoms with van der Waals surface area (Å²) >= 11 is 7.52. The van der Waals surface area contributed by atoms with Gasteiger partial charge in [0.1, 0.15) is 0 Å². The number of amides is 1. The average Bonchev–Trinajstić information content (AvgIpc) is 3.29. The molecule has 2 aromatic carbocycles. The second kappa shape index (κ2) is 8.32. The van der Waals surface area contributed by atoms with Crippen LogP contribution in [0.3, 0.4) is 0 Å². The highest BCUT2D eigenvalue weighted by Gasteiger charge is 2.15. The van der Waals surface area contributed by atoms with Crippen molar-refractivity contribution in [3.8, 4) is 11.5 Å². The Hall–Kier alpha value is -2.38. The highest BCUT2D eigenvalue weighted by atomic mass is 35.5. The number of aryl methyl sites for hydroxylation is 1. The van der Waals surface area contributed by atoms with E-state index in [1.807, 2.05) is 36.4 Å². The van der Waals surface area contributed by atoms with Crippen LogP contribution in [0.4, 0.5) is 0 Å². The van der Waals surface area contributed by atoms with Crippen LogP contribution < -0.4 is 14.8 Å². The number of aromatic nitrogens is 2. The first-order chi connectivity index (χ1) is 13.6. The van der Waals surface area contributed by atoms with E-state index in [-0.39, 0.29) is 12.7 Å². The molecule has 0 fully saturated rings. The van der Waals surface area contributed by atoms with Crippen LogP contribution in [-0.4, -0.2) is 28.0 Å². The van der Waals surface area contributed by atoms with Crippen LogP contribution >= 0.6 is 23.4 Å². The van der Waals surface area contributed by atoms with Gasteiger partial charge < -0.3 is 19.4 Å². The lowest BCUT2D eigenvalue weighted by molar-refractivity contribution is -0.118. The van der Waals surface area contributed by atoms with Crippen molar-refractivity contribution in [1.82, 2.24) is 14.9 Å². The molecule has 0 unspecified atom stereocenters. The third kappa shape index (κ3) is 4.05. The highest BCUT2D eigenvalue weighted by Crippen LogP contribution is 2.32. The summed E-state index contributed by atoms with van der Waals surface area (Å²) in [5.41, 5.74) is 2.86. The number of nitrogens with zero attached hydrogens (tertiary/aromatic N) is 2. The molecule has 1 amide bonds. The molecule has 8 heteroatoms. The fourth-order valence-corrected chi connectivity index (χ4v) is 4.10. The maximum Gasteiger partial charge on any atom is 0.231 e. The number of carbonyl (C=O) groups is 1. The molecule has 0 atom stereocenters. The zero-order chi connectivity index (χ0) is 19.5. The van der Waals surface area contributed by atoms with Gasteiger partial charge in [0, 0.05) is 18.1 Å². The van der Waals surface area contributed by atoms with E-state index >= 15 is 0 Å². The van der Waals surface area contributed by atoms with Gasteiger partial charge in [-0.3, -0.25) is 4.79 Å². The van der Waals surface area contributed by atoms with Crippen molar-refractivity contribution in [1.29, 1.82) is 0 Å². The van der Waals surface area contributed by atoms with Crippen LogP contribution in [-0.2, 0) is 17.9 Å². The zero-order valence-electron chi connectivity index (χ0n) is 15.4. The summed E-state index contributed by atoms with van der Waals surface area (Å²) in [7, 11) is 0. The Labute approximate surface area is 172 Å². The van der Waals surface area contributed by atoms with Gasteiger partial charge in [-0.2, -0.15) is 0 Å². The molecule has 4 rings (SSSR count). The molecule has 0 saturated heterocycles. The topological polar surface area (TPSA) is 65.4 Å². The maximum absolute atomic E-state index is 12.3. The van der Waals surface area contributed by atoms with Gasteiger partial charge in [-0.05, 0) is 42.3 Å². The summed E-state index contributed by atoms with van der Waals surface area (Å²) < 4.78 is 12.8. The predicted molar refractivity (Wildman–Crippen MR) is 110 cm³/mol. The van der Waals surface area contributed by atoms with Crippen molar-refractivity contribution in [3.63, 3.8) is 0 Å². The number of hydrogen-bond acceptors (Lipinski definition) is 5. The van der Waals surface area contributed by atoms with Crippen molar-refractivity contribution in [2.24, 2.45) is 0 Å². The van der Waals surface area contributed by atoms with Crippen LogP contribution in [0.15, 0.2) is 41.6 Å². The highest BCUT2D eigenvalue weighted by molar-refractivity contribution is 7.99. The van der Waals surface area contributed by atoms with Gasteiger partial charge in [0.15, 0.2) is 16.7 Å². The van der Waals surface area contributed by atoms with Gasteiger partial charge in [-0.1, -0.05) is 36.4 Å². The minimum atomic E-state index is -0.0456. The number of carbonyl (C=O) groups excluding carboxylic acids is 1. The summed E-state index contributed by atoms with van der Waals surface area (Å²) in [5.74, 6) is 1.70. The van der Waals surface area contributed by atoms with Gasteiger partial charge in [-0.15, -0.1) is 0 Å². The standard InChI is InChI=1S/C20H20ClN3O3S/c1-2-7-24-16-5-4-14(21)9-15(16)23-20(24)28-11-19(25)22-10-13-3-6-17-18(8-13)27-12-26-17/h3-6,8-9H,2,7,10-12H2,1H3,(H,22,25). The number of nitrogens with one attached hydrogen (secondary N) is 1. The normalized spacial score (nSPS) is 12.5. The van der Waals surface area contributed by atoms with Crippen LogP contribution in [0.1, 0.15) is 18.9 Å². The van der Waals surface area contributed by atoms with E-state index in [1.165, 1.54) is 11.8 Å². The van der Waals surface area contributed by atoms with Gasteiger partial charge in [0.05, 0.1) is 16.8 Å².